The van der Waals surface area contributed by atoms with Gasteiger partial charge in [-0.25, -0.2) is 9.78 Å². The Bertz CT molecular complexity index is 622. The quantitative estimate of drug-likeness (QED) is 0.895. The van der Waals surface area contributed by atoms with Crippen molar-refractivity contribution in [2.45, 2.75) is 58.3 Å². The summed E-state index contributed by atoms with van der Waals surface area (Å²) in [5.74, 6) is 0.893. The van der Waals surface area contributed by atoms with E-state index in [1.165, 1.54) is 0 Å². The van der Waals surface area contributed by atoms with Gasteiger partial charge >= 0.3 is 6.03 Å². The Balaban J connectivity index is 1.69. The molecule has 7 heteroatoms. The number of carbonyl (C=O) groups is 2. The molecule has 0 aliphatic carbocycles. The number of imidazole rings is 1. The van der Waals surface area contributed by atoms with Crippen LogP contribution in [0.3, 0.4) is 0 Å². The molecular weight excluding hydrogens is 294 g/mol. The molecule has 2 aliphatic rings. The third kappa shape index (κ3) is 2.80. The van der Waals surface area contributed by atoms with E-state index in [2.05, 4.69) is 14.9 Å². The van der Waals surface area contributed by atoms with Gasteiger partial charge in [0.1, 0.15) is 12.4 Å². The zero-order valence-corrected chi connectivity index (χ0v) is 14.2. The fourth-order valence-corrected chi connectivity index (χ4v) is 3.90. The van der Waals surface area contributed by atoms with E-state index in [0.29, 0.717) is 6.54 Å². The van der Waals surface area contributed by atoms with Crippen LogP contribution >= 0.6 is 0 Å². The fourth-order valence-electron chi connectivity index (χ4n) is 3.90. The molecule has 0 spiro atoms. The molecule has 1 aromatic heterocycles. The van der Waals surface area contributed by atoms with E-state index in [-0.39, 0.29) is 36.1 Å². The van der Waals surface area contributed by atoms with Gasteiger partial charge in [0.25, 0.3) is 0 Å². The zero-order chi connectivity index (χ0) is 16.8. The zero-order valence-electron chi connectivity index (χ0n) is 14.2. The lowest BCUT2D eigenvalue weighted by molar-refractivity contribution is -0.145. The van der Waals surface area contributed by atoms with Gasteiger partial charge in [-0.05, 0) is 34.1 Å². The Labute approximate surface area is 136 Å². The highest BCUT2D eigenvalue weighted by Gasteiger charge is 2.42. The number of carbonyl (C=O) groups excluding carboxylic acids is 2. The Morgan fingerprint density at radius 1 is 1.43 bits per heavy atom. The van der Waals surface area contributed by atoms with E-state index in [9.17, 15) is 9.59 Å². The van der Waals surface area contributed by atoms with Gasteiger partial charge in [0.05, 0.1) is 11.6 Å². The van der Waals surface area contributed by atoms with E-state index in [0.717, 1.165) is 18.8 Å². The van der Waals surface area contributed by atoms with Crippen molar-refractivity contribution in [2.75, 3.05) is 13.1 Å². The molecule has 1 N–H and O–H groups in total. The second-order valence-electron chi connectivity index (χ2n) is 7.30. The summed E-state index contributed by atoms with van der Waals surface area (Å²) in [7, 11) is 0. The Morgan fingerprint density at radius 2 is 2.17 bits per heavy atom. The number of nitrogens with zero attached hydrogens (tertiary/aromatic N) is 4. The fraction of sp³-hybridized carbons (Fsp3) is 0.688. The molecule has 3 rings (SSSR count). The SMILES string of the molecule is CC(C)N1C(=O)CN(C(=O)NC2CCn3ccnc32)CC1(C)C. The van der Waals surface area contributed by atoms with Gasteiger partial charge in [-0.2, -0.15) is 0 Å². The highest BCUT2D eigenvalue weighted by Crippen LogP contribution is 2.26. The Morgan fingerprint density at radius 3 is 2.83 bits per heavy atom. The minimum Gasteiger partial charge on any atom is -0.333 e. The lowest BCUT2D eigenvalue weighted by Crippen LogP contribution is -2.66. The van der Waals surface area contributed by atoms with Crippen molar-refractivity contribution in [1.29, 1.82) is 0 Å². The van der Waals surface area contributed by atoms with Gasteiger partial charge in [0.15, 0.2) is 0 Å². The smallest absolute Gasteiger partial charge is 0.318 e. The molecule has 1 atom stereocenters. The molecule has 126 valence electrons. The predicted molar refractivity (Wildman–Crippen MR) is 85.8 cm³/mol. The van der Waals surface area contributed by atoms with E-state index in [1.54, 1.807) is 11.1 Å². The number of hydrogen-bond donors (Lipinski definition) is 1. The molecule has 2 aliphatic heterocycles. The molecule has 0 aromatic carbocycles. The minimum atomic E-state index is -0.366. The summed E-state index contributed by atoms with van der Waals surface area (Å²) in [5.41, 5.74) is -0.366. The topological polar surface area (TPSA) is 70.5 Å². The third-order valence-electron chi connectivity index (χ3n) is 4.64. The van der Waals surface area contributed by atoms with Crippen molar-refractivity contribution in [3.63, 3.8) is 0 Å². The van der Waals surface area contributed by atoms with Crippen molar-refractivity contribution in [1.82, 2.24) is 24.7 Å². The van der Waals surface area contributed by atoms with Crippen LogP contribution in [0.2, 0.25) is 0 Å². The normalized spacial score (nSPS) is 23.3. The van der Waals surface area contributed by atoms with Gasteiger partial charge in [0, 0.05) is 31.5 Å². The summed E-state index contributed by atoms with van der Waals surface area (Å²) in [6, 6.07) is -0.125. The average molecular weight is 319 g/mol. The summed E-state index contributed by atoms with van der Waals surface area (Å²) >= 11 is 0. The van der Waals surface area contributed by atoms with Gasteiger partial charge in [0.2, 0.25) is 5.91 Å². The molecule has 7 nitrogen and oxygen atoms in total. The van der Waals surface area contributed by atoms with E-state index in [4.69, 9.17) is 0 Å². The van der Waals surface area contributed by atoms with Crippen molar-refractivity contribution in [2.24, 2.45) is 0 Å². The molecule has 3 heterocycles. The number of hydrogen-bond acceptors (Lipinski definition) is 3. The molecule has 1 saturated heterocycles. The monoisotopic (exact) mass is 319 g/mol. The van der Waals surface area contributed by atoms with E-state index >= 15 is 0 Å². The van der Waals surface area contributed by atoms with Crippen LogP contribution in [-0.4, -0.2) is 56.0 Å². The number of nitrogens with one attached hydrogen (secondary N) is 1. The lowest BCUT2D eigenvalue weighted by atomic mass is 9.96. The summed E-state index contributed by atoms with van der Waals surface area (Å²) in [6.45, 7) is 9.56. The van der Waals surface area contributed by atoms with Crippen molar-refractivity contribution < 1.29 is 9.59 Å². The van der Waals surface area contributed by atoms with Crippen molar-refractivity contribution >= 4 is 11.9 Å². The third-order valence-corrected chi connectivity index (χ3v) is 4.64. The first-order chi connectivity index (χ1) is 10.8. The maximum absolute atomic E-state index is 12.6. The first-order valence-electron chi connectivity index (χ1n) is 8.18. The van der Waals surface area contributed by atoms with Crippen molar-refractivity contribution in [3.05, 3.63) is 18.2 Å². The van der Waals surface area contributed by atoms with Gasteiger partial charge in [-0.15, -0.1) is 0 Å². The second-order valence-corrected chi connectivity index (χ2v) is 7.30. The number of amides is 3. The maximum Gasteiger partial charge on any atom is 0.318 e. The van der Waals surface area contributed by atoms with Crippen LogP contribution in [0.5, 0.6) is 0 Å². The first-order valence-corrected chi connectivity index (χ1v) is 8.18. The van der Waals surface area contributed by atoms with Gasteiger partial charge in [-0.1, -0.05) is 0 Å². The van der Waals surface area contributed by atoms with Crippen LogP contribution in [0.15, 0.2) is 12.4 Å². The number of aromatic nitrogens is 2. The largest absolute Gasteiger partial charge is 0.333 e. The highest BCUT2D eigenvalue weighted by atomic mass is 16.2. The van der Waals surface area contributed by atoms with Crippen molar-refractivity contribution in [3.8, 4) is 0 Å². The molecule has 0 saturated carbocycles. The Kier molecular flexibility index (Phi) is 3.82. The van der Waals surface area contributed by atoms with Gasteiger partial charge in [-0.3, -0.25) is 4.79 Å². The molecule has 0 bridgehead atoms. The summed E-state index contributed by atoms with van der Waals surface area (Å²) in [5, 5.41) is 3.03. The maximum atomic E-state index is 12.6. The first kappa shape index (κ1) is 15.8. The molecule has 23 heavy (non-hydrogen) atoms. The molecule has 1 aromatic rings. The number of urea groups is 1. The molecule has 0 radical (unpaired) electrons. The number of piperazine rings is 1. The number of rotatable bonds is 2. The minimum absolute atomic E-state index is 0.000628. The van der Waals surface area contributed by atoms with Crippen LogP contribution in [0, 0.1) is 0 Å². The predicted octanol–water partition coefficient (Wildman–Crippen LogP) is 1.37. The summed E-state index contributed by atoms with van der Waals surface area (Å²) < 4.78 is 2.05. The summed E-state index contributed by atoms with van der Waals surface area (Å²) in [4.78, 5) is 32.9. The lowest BCUT2D eigenvalue weighted by Gasteiger charge is -2.48. The number of aryl methyl sites for hydroxylation is 1. The van der Waals surface area contributed by atoms with Crippen LogP contribution in [0.25, 0.3) is 0 Å². The van der Waals surface area contributed by atoms with Gasteiger partial charge < -0.3 is 19.7 Å². The molecular formula is C16H25N5O2. The molecule has 1 fully saturated rings. The average Bonchev–Trinajstić information content (AvgIpc) is 3.01. The van der Waals surface area contributed by atoms with E-state index in [1.807, 2.05) is 38.8 Å². The highest BCUT2D eigenvalue weighted by molar-refractivity contribution is 5.86. The molecule has 1 unspecified atom stereocenters. The second kappa shape index (κ2) is 5.54. The standard InChI is InChI=1S/C16H25N5O2/c1-11(2)21-13(22)9-20(10-16(21,3)4)15(23)18-12-5-7-19-8-6-17-14(12)19/h6,8,11-12H,5,7,9-10H2,1-4H3,(H,18,23). The number of fused-ring (bicyclic) bond motifs is 1. The van der Waals surface area contributed by atoms with Crippen LogP contribution in [0.4, 0.5) is 4.79 Å². The van der Waals surface area contributed by atoms with E-state index < -0.39 is 0 Å². The Hall–Kier alpha value is -2.05. The summed E-state index contributed by atoms with van der Waals surface area (Å²) in [6.07, 6.45) is 4.52. The van der Waals surface area contributed by atoms with Crippen LogP contribution in [-0.2, 0) is 11.3 Å². The molecule has 3 amide bonds. The van der Waals surface area contributed by atoms with Crippen LogP contribution < -0.4 is 5.32 Å². The van der Waals surface area contributed by atoms with Crippen LogP contribution in [0.1, 0.15) is 46.0 Å².